The maximum absolute atomic E-state index is 5.42. The van der Waals surface area contributed by atoms with E-state index in [0.717, 1.165) is 38.8 Å². The Hall–Kier alpha value is -3.64. The van der Waals surface area contributed by atoms with Crippen molar-refractivity contribution in [1.29, 1.82) is 0 Å². The van der Waals surface area contributed by atoms with Gasteiger partial charge < -0.3 is 9.47 Å². The molecule has 29 heavy (non-hydrogen) atoms. The Balaban J connectivity index is 1.55. The number of hydrogen-bond donors (Lipinski definition) is 0. The predicted molar refractivity (Wildman–Crippen MR) is 115 cm³/mol. The molecule has 0 amide bonds. The van der Waals surface area contributed by atoms with Crippen molar-refractivity contribution >= 4 is 17.6 Å². The Kier molecular flexibility index (Phi) is 4.68. The summed E-state index contributed by atoms with van der Waals surface area (Å²) in [5.41, 5.74) is 4.17. The van der Waals surface area contributed by atoms with Crippen molar-refractivity contribution in [3.63, 3.8) is 0 Å². The van der Waals surface area contributed by atoms with E-state index in [9.17, 15) is 0 Å². The zero-order valence-corrected chi connectivity index (χ0v) is 16.3. The number of nitrogens with zero attached hydrogens (tertiary/aromatic N) is 3. The van der Waals surface area contributed by atoms with E-state index < -0.39 is 0 Å². The zero-order chi connectivity index (χ0) is 19.5. The van der Waals surface area contributed by atoms with Crippen LogP contribution in [-0.4, -0.2) is 17.6 Å². The number of thiazole rings is 1. The summed E-state index contributed by atoms with van der Waals surface area (Å²) in [6, 6.07) is 26.2. The van der Waals surface area contributed by atoms with Crippen LogP contribution >= 0.6 is 11.3 Å². The molecule has 0 saturated heterocycles. The number of benzene rings is 3. The molecule has 0 radical (unpaired) electrons. The predicted octanol–water partition coefficient (Wildman–Crippen LogP) is 4.87. The van der Waals surface area contributed by atoms with Crippen LogP contribution in [0.25, 0.3) is 16.9 Å². The van der Waals surface area contributed by atoms with E-state index in [1.165, 1.54) is 0 Å². The van der Waals surface area contributed by atoms with Crippen LogP contribution in [0, 0.1) is 0 Å². The molecule has 1 aliphatic rings. The highest BCUT2D eigenvalue weighted by Gasteiger charge is 2.12. The maximum Gasteiger partial charge on any atom is 0.231 e. The Labute approximate surface area is 171 Å². The molecular formula is C23H17N3O2S. The van der Waals surface area contributed by atoms with Gasteiger partial charge in [-0.1, -0.05) is 48.5 Å². The first-order chi connectivity index (χ1) is 14.4. The molecule has 4 aromatic rings. The van der Waals surface area contributed by atoms with Gasteiger partial charge in [0.2, 0.25) is 11.6 Å². The van der Waals surface area contributed by atoms with Crippen LogP contribution in [0.5, 0.6) is 11.5 Å². The molecule has 0 fully saturated rings. The summed E-state index contributed by atoms with van der Waals surface area (Å²) < 4.78 is 12.9. The summed E-state index contributed by atoms with van der Waals surface area (Å²) in [7, 11) is 0. The summed E-state index contributed by atoms with van der Waals surface area (Å²) in [5, 5.41) is 10.9. The largest absolute Gasteiger partial charge is 0.454 e. The Morgan fingerprint density at radius 1 is 0.862 bits per heavy atom. The molecule has 0 unspecified atom stereocenters. The van der Waals surface area contributed by atoms with Crippen molar-refractivity contribution in [1.82, 2.24) is 4.57 Å². The van der Waals surface area contributed by atoms with Gasteiger partial charge in [-0.2, -0.15) is 5.10 Å². The first-order valence-electron chi connectivity index (χ1n) is 9.16. The Morgan fingerprint density at radius 3 is 2.45 bits per heavy atom. The number of fused-ring (bicyclic) bond motifs is 1. The van der Waals surface area contributed by atoms with Gasteiger partial charge in [0.25, 0.3) is 0 Å². The Morgan fingerprint density at radius 2 is 1.62 bits per heavy atom. The van der Waals surface area contributed by atoms with Crippen LogP contribution in [-0.2, 0) is 0 Å². The highest BCUT2D eigenvalue weighted by molar-refractivity contribution is 7.07. The standard InChI is InChI=1S/C23H17N3O2S/c1-3-7-18(8-4-1)20-15-29-23(26(20)19-9-5-2-6-10-19)25-24-14-17-11-12-21-22(13-17)28-16-27-21/h1-15H,16H2/b24-14-,25-23-. The van der Waals surface area contributed by atoms with Crippen LogP contribution < -0.4 is 14.3 Å². The topological polar surface area (TPSA) is 48.1 Å². The minimum absolute atomic E-state index is 0.259. The fourth-order valence-electron chi connectivity index (χ4n) is 3.16. The van der Waals surface area contributed by atoms with E-state index in [-0.39, 0.29) is 6.79 Å². The van der Waals surface area contributed by atoms with E-state index in [0.29, 0.717) is 0 Å². The molecule has 1 aromatic heterocycles. The quantitative estimate of drug-likeness (QED) is 0.363. The molecule has 0 aliphatic carbocycles. The third kappa shape index (κ3) is 3.58. The summed E-state index contributed by atoms with van der Waals surface area (Å²) in [4.78, 5) is 0.798. The SMILES string of the molecule is C(=N/N=c1\scc(-c2ccccc2)n1-c1ccccc1)/c1ccc2c(c1)OCO2. The average Bonchev–Trinajstić information content (AvgIpc) is 3.42. The molecule has 6 heteroatoms. The molecule has 1 aliphatic heterocycles. The lowest BCUT2D eigenvalue weighted by atomic mass is 10.1. The summed E-state index contributed by atoms with van der Waals surface area (Å²) in [6.45, 7) is 0.259. The fraction of sp³-hybridized carbons (Fsp3) is 0.0435. The van der Waals surface area contributed by atoms with Gasteiger partial charge >= 0.3 is 0 Å². The monoisotopic (exact) mass is 399 g/mol. The van der Waals surface area contributed by atoms with E-state index in [1.807, 2.05) is 54.6 Å². The second-order valence-corrected chi connectivity index (χ2v) is 7.23. The van der Waals surface area contributed by atoms with Crippen LogP contribution in [0.2, 0.25) is 0 Å². The number of aromatic nitrogens is 1. The van der Waals surface area contributed by atoms with Crippen molar-refractivity contribution in [2.75, 3.05) is 6.79 Å². The lowest BCUT2D eigenvalue weighted by Crippen LogP contribution is -2.13. The van der Waals surface area contributed by atoms with E-state index in [1.54, 1.807) is 17.6 Å². The summed E-state index contributed by atoms with van der Waals surface area (Å²) in [6.07, 6.45) is 1.72. The van der Waals surface area contributed by atoms with Crippen molar-refractivity contribution < 1.29 is 9.47 Å². The molecule has 0 N–H and O–H groups in total. The third-order valence-electron chi connectivity index (χ3n) is 4.54. The molecule has 3 aromatic carbocycles. The first-order valence-corrected chi connectivity index (χ1v) is 10.0. The van der Waals surface area contributed by atoms with Gasteiger partial charge in [0.15, 0.2) is 11.5 Å². The molecular weight excluding hydrogens is 382 g/mol. The Bertz CT molecular complexity index is 1230. The molecule has 0 saturated carbocycles. The van der Waals surface area contributed by atoms with Gasteiger partial charge in [0, 0.05) is 11.1 Å². The van der Waals surface area contributed by atoms with E-state index in [2.05, 4.69) is 44.4 Å². The molecule has 5 rings (SSSR count). The van der Waals surface area contributed by atoms with Crippen molar-refractivity contribution in [3.8, 4) is 28.4 Å². The van der Waals surface area contributed by atoms with E-state index in [4.69, 9.17) is 9.47 Å². The number of ether oxygens (including phenoxy) is 2. The van der Waals surface area contributed by atoms with Gasteiger partial charge in [-0.3, -0.25) is 4.57 Å². The van der Waals surface area contributed by atoms with Crippen LogP contribution in [0.3, 0.4) is 0 Å². The van der Waals surface area contributed by atoms with Gasteiger partial charge in [-0.15, -0.1) is 16.4 Å². The number of hydrogen-bond acceptors (Lipinski definition) is 5. The normalized spacial score (nSPS) is 13.3. The van der Waals surface area contributed by atoms with Crippen molar-refractivity contribution in [2.45, 2.75) is 0 Å². The minimum atomic E-state index is 0.259. The second kappa shape index (κ2) is 7.77. The molecule has 0 bridgehead atoms. The maximum atomic E-state index is 5.42. The van der Waals surface area contributed by atoms with Gasteiger partial charge in [-0.25, -0.2) is 0 Å². The molecule has 0 atom stereocenters. The van der Waals surface area contributed by atoms with Crippen molar-refractivity contribution in [3.05, 3.63) is 94.6 Å². The minimum Gasteiger partial charge on any atom is -0.454 e. The van der Waals surface area contributed by atoms with Crippen LogP contribution in [0.15, 0.2) is 94.4 Å². The van der Waals surface area contributed by atoms with Gasteiger partial charge in [0.05, 0.1) is 11.9 Å². The lowest BCUT2D eigenvalue weighted by molar-refractivity contribution is 0.174. The van der Waals surface area contributed by atoms with Crippen molar-refractivity contribution in [2.24, 2.45) is 10.2 Å². The molecule has 5 nitrogen and oxygen atoms in total. The van der Waals surface area contributed by atoms with Crippen LogP contribution in [0.1, 0.15) is 5.56 Å². The second-order valence-electron chi connectivity index (χ2n) is 6.40. The fourth-order valence-corrected chi connectivity index (χ4v) is 4.02. The number of para-hydroxylation sites is 1. The first kappa shape index (κ1) is 17.5. The third-order valence-corrected chi connectivity index (χ3v) is 5.35. The smallest absolute Gasteiger partial charge is 0.231 e. The number of rotatable bonds is 4. The highest BCUT2D eigenvalue weighted by Crippen LogP contribution is 2.32. The molecule has 142 valence electrons. The summed E-state index contributed by atoms with van der Waals surface area (Å²) >= 11 is 1.56. The van der Waals surface area contributed by atoms with Crippen LogP contribution in [0.4, 0.5) is 0 Å². The lowest BCUT2D eigenvalue weighted by Gasteiger charge is -2.08. The zero-order valence-electron chi connectivity index (χ0n) is 15.4. The van der Waals surface area contributed by atoms with Gasteiger partial charge in [-0.05, 0) is 41.5 Å². The average molecular weight is 399 g/mol. The summed E-state index contributed by atoms with van der Waals surface area (Å²) in [5.74, 6) is 1.49. The highest BCUT2D eigenvalue weighted by atomic mass is 32.1. The van der Waals surface area contributed by atoms with Gasteiger partial charge in [0.1, 0.15) is 0 Å². The van der Waals surface area contributed by atoms with E-state index >= 15 is 0 Å². The molecule has 2 heterocycles. The molecule has 0 spiro atoms.